The van der Waals surface area contributed by atoms with E-state index in [0.717, 1.165) is 0 Å². The Labute approximate surface area is 54.8 Å². The summed E-state index contributed by atoms with van der Waals surface area (Å²) in [6.45, 7) is 3.69. The number of rotatable bonds is 1. The fourth-order valence-corrected chi connectivity index (χ4v) is 0.414. The number of nitrogens with two attached hydrogens (primary N) is 1. The van der Waals surface area contributed by atoms with E-state index >= 15 is 0 Å². The van der Waals surface area contributed by atoms with Gasteiger partial charge in [-0.15, -0.1) is 0 Å². The third-order valence-corrected chi connectivity index (χ3v) is 1.28. The van der Waals surface area contributed by atoms with Gasteiger partial charge >= 0.3 is 0 Å². The summed E-state index contributed by atoms with van der Waals surface area (Å²) in [4.78, 5) is 0. The van der Waals surface area contributed by atoms with Crippen molar-refractivity contribution in [3.05, 3.63) is 22.9 Å². The molecule has 0 saturated carbocycles. The summed E-state index contributed by atoms with van der Waals surface area (Å²) in [6, 6.07) is 0. The van der Waals surface area contributed by atoms with Gasteiger partial charge in [-0.25, -0.2) is 0 Å². The van der Waals surface area contributed by atoms with Crippen LogP contribution in [0.5, 0.6) is 0 Å². The van der Waals surface area contributed by atoms with Crippen molar-refractivity contribution in [3.63, 3.8) is 0 Å². The van der Waals surface area contributed by atoms with E-state index in [0.29, 0.717) is 10.7 Å². The van der Waals surface area contributed by atoms with Gasteiger partial charge in [0.2, 0.25) is 0 Å². The number of allylic oxidation sites excluding steroid dienone is 3. The quantitative estimate of drug-likeness (QED) is 0.542. The number of hydrogen-bond acceptors (Lipinski definition) is 1. The Morgan fingerprint density at radius 3 is 2.00 bits per heavy atom. The average Bonchev–Trinajstić information content (AvgIpc) is 1.84. The van der Waals surface area contributed by atoms with Gasteiger partial charge in [-0.1, -0.05) is 23.8 Å². The third-order valence-electron chi connectivity index (χ3n) is 0.840. The molecule has 0 aliphatic rings. The van der Waals surface area contributed by atoms with Gasteiger partial charge in [0.15, 0.2) is 0 Å². The van der Waals surface area contributed by atoms with Crippen molar-refractivity contribution in [2.75, 3.05) is 0 Å². The summed E-state index contributed by atoms with van der Waals surface area (Å²) in [6.07, 6.45) is 3.53. The van der Waals surface area contributed by atoms with Crippen molar-refractivity contribution in [3.8, 4) is 0 Å². The van der Waals surface area contributed by atoms with Gasteiger partial charge in [-0.05, 0) is 13.8 Å². The topological polar surface area (TPSA) is 26.0 Å². The molecule has 0 radical (unpaired) electrons. The lowest BCUT2D eigenvalue weighted by atomic mass is 10.4. The first-order valence-electron chi connectivity index (χ1n) is 2.46. The zero-order chi connectivity index (χ0) is 6.57. The summed E-state index contributed by atoms with van der Waals surface area (Å²) >= 11 is 5.58. The van der Waals surface area contributed by atoms with Crippen LogP contribution in [-0.4, -0.2) is 0 Å². The highest BCUT2D eigenvalue weighted by Crippen LogP contribution is 2.07. The molecule has 0 atom stereocenters. The number of hydrogen-bond donors (Lipinski definition) is 1. The highest BCUT2D eigenvalue weighted by atomic mass is 35.5. The molecule has 2 N–H and O–H groups in total. The first kappa shape index (κ1) is 7.57. The second-order valence-corrected chi connectivity index (χ2v) is 1.79. The van der Waals surface area contributed by atoms with Gasteiger partial charge in [-0.3, -0.25) is 0 Å². The third kappa shape index (κ3) is 2.03. The lowest BCUT2D eigenvalue weighted by molar-refractivity contribution is 1.36. The Balaban J connectivity index is 4.04. The van der Waals surface area contributed by atoms with Crippen LogP contribution in [0.15, 0.2) is 22.9 Å². The standard InChI is InChI=1S/C6H10ClN/c1-3-5(7)6(8)4-2/h3-4H,8H2,1-2H3/b5-3+,6-4+. The Hall–Kier alpha value is -0.430. The molecule has 2 heteroatoms. The van der Waals surface area contributed by atoms with E-state index in [1.54, 1.807) is 12.2 Å². The minimum Gasteiger partial charge on any atom is -0.398 e. The minimum atomic E-state index is 0.618. The molecule has 0 amide bonds. The lowest BCUT2D eigenvalue weighted by Crippen LogP contribution is -1.94. The summed E-state index contributed by atoms with van der Waals surface area (Å²) in [7, 11) is 0. The highest BCUT2D eigenvalue weighted by Gasteiger charge is 1.88. The highest BCUT2D eigenvalue weighted by molar-refractivity contribution is 6.31. The van der Waals surface area contributed by atoms with Crippen LogP contribution in [0, 0.1) is 0 Å². The van der Waals surface area contributed by atoms with Gasteiger partial charge in [0, 0.05) is 5.70 Å². The van der Waals surface area contributed by atoms with E-state index in [2.05, 4.69) is 0 Å². The summed E-state index contributed by atoms with van der Waals surface area (Å²) in [5.41, 5.74) is 6.02. The lowest BCUT2D eigenvalue weighted by Gasteiger charge is -1.92. The average molecular weight is 132 g/mol. The monoisotopic (exact) mass is 131 g/mol. The molecule has 0 aromatic carbocycles. The maximum Gasteiger partial charge on any atom is 0.0589 e. The number of halogens is 1. The molecule has 0 spiro atoms. The summed E-state index contributed by atoms with van der Waals surface area (Å²) in [5.74, 6) is 0. The van der Waals surface area contributed by atoms with Gasteiger partial charge in [0.1, 0.15) is 0 Å². The van der Waals surface area contributed by atoms with E-state index in [1.807, 2.05) is 13.8 Å². The Morgan fingerprint density at radius 2 is 1.88 bits per heavy atom. The zero-order valence-corrected chi connectivity index (χ0v) is 5.87. The Morgan fingerprint density at radius 1 is 1.38 bits per heavy atom. The predicted molar refractivity (Wildman–Crippen MR) is 37.6 cm³/mol. The molecule has 0 saturated heterocycles. The normalized spacial score (nSPS) is 14.4. The molecule has 0 aliphatic heterocycles. The molecule has 0 fully saturated rings. The van der Waals surface area contributed by atoms with Crippen LogP contribution in [0.2, 0.25) is 0 Å². The fraction of sp³-hybridized carbons (Fsp3) is 0.333. The van der Waals surface area contributed by atoms with Crippen LogP contribution in [0.25, 0.3) is 0 Å². The van der Waals surface area contributed by atoms with Crippen molar-refractivity contribution in [2.24, 2.45) is 5.73 Å². The van der Waals surface area contributed by atoms with Crippen LogP contribution in [0.4, 0.5) is 0 Å². The molecule has 46 valence electrons. The minimum absolute atomic E-state index is 0.618. The molecule has 0 aromatic heterocycles. The second-order valence-electron chi connectivity index (χ2n) is 1.38. The Kier molecular flexibility index (Phi) is 3.37. The molecule has 0 rings (SSSR count). The maximum absolute atomic E-state index is 5.58. The van der Waals surface area contributed by atoms with E-state index in [-0.39, 0.29) is 0 Å². The van der Waals surface area contributed by atoms with Crippen LogP contribution >= 0.6 is 11.6 Å². The summed E-state index contributed by atoms with van der Waals surface area (Å²) < 4.78 is 0. The van der Waals surface area contributed by atoms with Gasteiger partial charge in [-0.2, -0.15) is 0 Å². The Bertz CT molecular complexity index is 108. The smallest absolute Gasteiger partial charge is 0.0589 e. The second kappa shape index (κ2) is 3.56. The SMILES string of the molecule is C/C=C(N)\C(Cl)=C/C. The summed E-state index contributed by atoms with van der Waals surface area (Å²) in [5, 5.41) is 0.618. The van der Waals surface area contributed by atoms with Crippen molar-refractivity contribution < 1.29 is 0 Å². The largest absolute Gasteiger partial charge is 0.398 e. The van der Waals surface area contributed by atoms with Crippen LogP contribution in [0.1, 0.15) is 13.8 Å². The molecular weight excluding hydrogens is 122 g/mol. The molecule has 8 heavy (non-hydrogen) atoms. The molecule has 0 bridgehead atoms. The van der Waals surface area contributed by atoms with Gasteiger partial charge in [0.05, 0.1) is 5.03 Å². The first-order valence-corrected chi connectivity index (χ1v) is 2.84. The maximum atomic E-state index is 5.58. The zero-order valence-electron chi connectivity index (χ0n) is 5.11. The van der Waals surface area contributed by atoms with Crippen molar-refractivity contribution in [1.82, 2.24) is 0 Å². The van der Waals surface area contributed by atoms with Crippen LogP contribution in [-0.2, 0) is 0 Å². The first-order chi connectivity index (χ1) is 3.72. The van der Waals surface area contributed by atoms with Crippen molar-refractivity contribution in [2.45, 2.75) is 13.8 Å². The van der Waals surface area contributed by atoms with Gasteiger partial charge in [0.25, 0.3) is 0 Å². The van der Waals surface area contributed by atoms with Crippen molar-refractivity contribution in [1.29, 1.82) is 0 Å². The van der Waals surface area contributed by atoms with E-state index in [4.69, 9.17) is 17.3 Å². The van der Waals surface area contributed by atoms with Crippen LogP contribution < -0.4 is 5.73 Å². The molecule has 0 unspecified atom stereocenters. The molecule has 0 aliphatic carbocycles. The van der Waals surface area contributed by atoms with Crippen LogP contribution in [0.3, 0.4) is 0 Å². The molecule has 0 heterocycles. The van der Waals surface area contributed by atoms with E-state index < -0.39 is 0 Å². The predicted octanol–water partition coefficient (Wildman–Crippen LogP) is 1.99. The van der Waals surface area contributed by atoms with E-state index in [1.165, 1.54) is 0 Å². The van der Waals surface area contributed by atoms with Gasteiger partial charge < -0.3 is 5.73 Å². The molecule has 0 aromatic rings. The fourth-order valence-electron chi connectivity index (χ4n) is 0.305. The van der Waals surface area contributed by atoms with E-state index in [9.17, 15) is 0 Å². The molecule has 1 nitrogen and oxygen atoms in total. The molecular formula is C6H10ClN. The van der Waals surface area contributed by atoms with Crippen molar-refractivity contribution >= 4 is 11.6 Å².